The number of halogens is 6. The maximum absolute atomic E-state index is 12.6. The number of hydrogen-bond donors (Lipinski definition) is 8. The van der Waals surface area contributed by atoms with Crippen LogP contribution in [0.3, 0.4) is 0 Å². The number of nitrogens with zero attached hydrogens (tertiary/aromatic N) is 10. The Morgan fingerprint density at radius 1 is 1.00 bits per heavy atom. The lowest BCUT2D eigenvalue weighted by Crippen LogP contribution is -2.36. The van der Waals surface area contributed by atoms with Crippen LogP contribution in [0.2, 0.25) is 15.3 Å². The third-order valence-electron chi connectivity index (χ3n) is 8.28. The van der Waals surface area contributed by atoms with E-state index in [0.717, 1.165) is 17.4 Å². The normalized spacial score (nSPS) is 12.1. The fourth-order valence-corrected chi connectivity index (χ4v) is 7.59. The predicted molar refractivity (Wildman–Crippen MR) is 265 cm³/mol. The lowest BCUT2D eigenvalue weighted by molar-refractivity contribution is -0.383. The number of anilines is 4. The van der Waals surface area contributed by atoms with Gasteiger partial charge in [-0.25, -0.2) is 19.2 Å². The van der Waals surface area contributed by atoms with E-state index in [4.69, 9.17) is 65.7 Å². The molecule has 28 nitrogen and oxygen atoms in total. The molecule has 2 atom stereocenters. The Morgan fingerprint density at radius 2 is 1.57 bits per heavy atom. The summed E-state index contributed by atoms with van der Waals surface area (Å²) in [4.78, 5) is 77.7. The Kier molecular flexibility index (Phi) is 23.8. The number of carbonyl (C=O) groups excluding carboxylic acids is 2. The molecule has 406 valence electrons. The molecule has 0 radical (unpaired) electrons. The van der Waals surface area contributed by atoms with Gasteiger partial charge in [0.05, 0.1) is 46.4 Å². The van der Waals surface area contributed by atoms with Crippen LogP contribution in [-0.4, -0.2) is 146 Å². The third-order valence-corrected chi connectivity index (χ3v) is 11.4. The molecule has 3 amide bonds. The zero-order valence-corrected chi connectivity index (χ0v) is 44.0. The van der Waals surface area contributed by atoms with Crippen molar-refractivity contribution in [3.63, 3.8) is 0 Å². The zero-order chi connectivity index (χ0) is 56.5. The molecular weight excluding hydrogens is 1100 g/mol. The molecule has 0 aliphatic carbocycles. The number of aliphatic carboxylic acids is 1. The van der Waals surface area contributed by atoms with E-state index in [2.05, 4.69) is 51.0 Å². The standard InChI is InChI=1S/C15H18N6O6S.C10H5Cl2F3N4O2.C8H14ClN5.C5H12NO4P/c1-21(2)13(22)9-6-5-7-16-12(9)28(24,25)20-15(23)19-14-17-10(26-3)8-11(18-14)27-4;11-5-1-4(10(13,14)15)2-6(12)8(5)18-9(16)7(3-17-18)19(20)21;1-4-10-7-12-6(9)13-8(14-7)11-5(2)3;1-11(9,10)3-2-4(6)5(7)8/h5-8H,1-4H3,(H2,17,18,19,20,23);1-3H,16H2;5H,4H2,1-3H3,(H2,10,11,12,13,14);4H,2-3,6H2,1H3,(H,7,8)(H,9,10). The van der Waals surface area contributed by atoms with E-state index in [-0.39, 0.29) is 62.9 Å². The number of alkyl halides is 3. The summed E-state index contributed by atoms with van der Waals surface area (Å²) in [6.45, 7) is 7.91. The average molecular weight is 1150 g/mol. The highest BCUT2D eigenvalue weighted by Crippen LogP contribution is 2.39. The first kappa shape index (κ1) is 63.2. The molecule has 0 bridgehead atoms. The number of amides is 3. The van der Waals surface area contributed by atoms with E-state index < -0.39 is 74.5 Å². The molecule has 0 saturated carbocycles. The minimum atomic E-state index is -4.63. The summed E-state index contributed by atoms with van der Waals surface area (Å²) in [6.07, 6.45) is -2.60. The van der Waals surface area contributed by atoms with E-state index in [1.165, 1.54) is 64.3 Å². The number of sulfonamides is 1. The highest BCUT2D eigenvalue weighted by molar-refractivity contribution is 7.90. The van der Waals surface area contributed by atoms with Gasteiger partial charge in [-0.05, 0) is 63.1 Å². The maximum atomic E-state index is 12.6. The van der Waals surface area contributed by atoms with Crippen LogP contribution in [0, 0.1) is 10.1 Å². The Labute approximate surface area is 434 Å². The Balaban J connectivity index is 0.000000359. The van der Waals surface area contributed by atoms with Gasteiger partial charge in [-0.15, -0.1) is 0 Å². The maximum Gasteiger partial charge on any atom is 0.416 e. The minimum Gasteiger partial charge on any atom is -0.481 e. The van der Waals surface area contributed by atoms with Crippen LogP contribution in [0.5, 0.6) is 11.8 Å². The van der Waals surface area contributed by atoms with Crippen LogP contribution in [0.4, 0.5) is 47.3 Å². The molecule has 1 aromatic carbocycles. The van der Waals surface area contributed by atoms with Crippen LogP contribution in [0.25, 0.3) is 5.69 Å². The fraction of sp³-hybridized carbons (Fsp3) is 0.368. The van der Waals surface area contributed by atoms with E-state index in [0.29, 0.717) is 24.0 Å². The molecular formula is C38H49Cl3F3N16O12PS. The number of nitrogens with two attached hydrogens (primary N) is 2. The summed E-state index contributed by atoms with van der Waals surface area (Å²) < 4.78 is 86.0. The zero-order valence-electron chi connectivity index (χ0n) is 40.0. The summed E-state index contributed by atoms with van der Waals surface area (Å²) in [6, 6.07) is 3.41. The highest BCUT2D eigenvalue weighted by atomic mass is 35.5. The van der Waals surface area contributed by atoms with Crippen molar-refractivity contribution in [1.82, 2.24) is 49.3 Å². The monoisotopic (exact) mass is 1150 g/mol. The minimum absolute atomic E-state index is 0.0412. The lowest BCUT2D eigenvalue weighted by atomic mass is 10.2. The third kappa shape index (κ3) is 20.2. The summed E-state index contributed by atoms with van der Waals surface area (Å²) in [5.41, 5.74) is 8.69. The first-order chi connectivity index (χ1) is 34.2. The number of methoxy groups -OCH3 is 2. The number of ether oxygens (including phenoxy) is 2. The number of pyridine rings is 1. The largest absolute Gasteiger partial charge is 0.481 e. The fourth-order valence-electron chi connectivity index (χ4n) is 4.99. The van der Waals surface area contributed by atoms with Gasteiger partial charge in [0, 0.05) is 45.7 Å². The summed E-state index contributed by atoms with van der Waals surface area (Å²) in [5.74, 6) is -1.21. The lowest BCUT2D eigenvalue weighted by Gasteiger charge is -2.14. The second-order valence-corrected chi connectivity index (χ2v) is 20.2. The molecule has 5 aromatic rings. The molecule has 4 heterocycles. The van der Waals surface area contributed by atoms with Crippen LogP contribution < -0.4 is 41.6 Å². The second-order valence-electron chi connectivity index (χ2n) is 14.9. The van der Waals surface area contributed by atoms with Crippen LogP contribution in [0.1, 0.15) is 43.1 Å². The number of nitrogen functional groups attached to an aromatic ring is 1. The van der Waals surface area contributed by atoms with E-state index in [1.807, 2.05) is 20.8 Å². The van der Waals surface area contributed by atoms with Gasteiger partial charge in [-0.3, -0.25) is 29.6 Å². The Bertz CT molecular complexity index is 2890. The number of carboxylic acid groups (broad SMARTS) is 1. The summed E-state index contributed by atoms with van der Waals surface area (Å²) in [5, 5.41) is 29.6. The number of urea groups is 1. The number of nitrogens with one attached hydrogen (secondary N) is 4. The van der Waals surface area contributed by atoms with Gasteiger partial charge in [-0.2, -0.15) is 51.6 Å². The van der Waals surface area contributed by atoms with Crippen molar-refractivity contribution >= 4 is 99.5 Å². The van der Waals surface area contributed by atoms with Crippen molar-refractivity contribution in [3.05, 3.63) is 79.3 Å². The van der Waals surface area contributed by atoms with Crippen molar-refractivity contribution in [2.75, 3.05) is 69.4 Å². The number of aromatic nitrogens is 8. The van der Waals surface area contributed by atoms with Gasteiger partial charge in [-0.1, -0.05) is 23.2 Å². The Morgan fingerprint density at radius 3 is 2.03 bits per heavy atom. The molecule has 5 rings (SSSR count). The molecule has 0 spiro atoms. The second kappa shape index (κ2) is 27.9. The van der Waals surface area contributed by atoms with Crippen molar-refractivity contribution in [2.24, 2.45) is 5.73 Å². The SMILES string of the molecule is CCNc1nc(Cl)nc(NC(C)C)n1.COc1cc(OC)nc(NC(=O)NS(=O)(=O)c2ncccc2C(=O)N(C)C)n1.CP(=O)(O)CCC(N)C(=O)O.Nc1c([N+](=O)[O-])cnn1-c1c(Cl)cc(C(F)(F)F)cc1Cl. The topological polar surface area (TPSA) is 403 Å². The number of nitro groups is 1. The van der Waals surface area contributed by atoms with Crippen molar-refractivity contribution in [3.8, 4) is 17.4 Å². The quantitative estimate of drug-likeness (QED) is 0.0355. The van der Waals surface area contributed by atoms with Crippen LogP contribution in [-0.2, 0) is 25.6 Å². The molecule has 0 fully saturated rings. The molecule has 0 aliphatic rings. The van der Waals surface area contributed by atoms with E-state index in [9.17, 15) is 50.7 Å². The first-order valence-corrected chi connectivity index (χ1v) is 25.4. The number of hydrogen-bond acceptors (Lipinski definition) is 21. The van der Waals surface area contributed by atoms with Crippen LogP contribution >= 0.6 is 42.2 Å². The van der Waals surface area contributed by atoms with Crippen molar-refractivity contribution in [2.45, 2.75) is 50.5 Å². The van der Waals surface area contributed by atoms with E-state index in [1.54, 1.807) is 4.72 Å². The van der Waals surface area contributed by atoms with Crippen molar-refractivity contribution < 1.29 is 64.9 Å². The highest BCUT2D eigenvalue weighted by Gasteiger charge is 2.33. The summed E-state index contributed by atoms with van der Waals surface area (Å²) >= 11 is 17.3. The average Bonchev–Trinajstić information content (AvgIpc) is 3.67. The molecule has 74 heavy (non-hydrogen) atoms. The van der Waals surface area contributed by atoms with Gasteiger partial charge in [0.25, 0.3) is 15.9 Å². The summed E-state index contributed by atoms with van der Waals surface area (Å²) in [7, 11) is -1.95. The molecule has 0 aliphatic heterocycles. The molecule has 36 heteroatoms. The van der Waals surface area contributed by atoms with Gasteiger partial charge >= 0.3 is 23.9 Å². The first-order valence-electron chi connectivity index (χ1n) is 20.5. The number of benzene rings is 1. The van der Waals surface area contributed by atoms with Gasteiger partial charge in [0.2, 0.25) is 40.7 Å². The molecule has 10 N–H and O–H groups in total. The predicted octanol–water partition coefficient (Wildman–Crippen LogP) is 5.26. The number of rotatable bonds is 16. The van der Waals surface area contributed by atoms with Crippen molar-refractivity contribution in [1.29, 1.82) is 0 Å². The van der Waals surface area contributed by atoms with Gasteiger partial charge in [0.1, 0.15) is 17.9 Å². The molecule has 0 saturated heterocycles. The molecule has 4 aromatic heterocycles. The molecule has 2 unspecified atom stereocenters. The van der Waals surface area contributed by atoms with Gasteiger partial charge in [0.15, 0.2) is 12.4 Å². The smallest absolute Gasteiger partial charge is 0.416 e. The Hall–Kier alpha value is -6.96. The number of carbonyl (C=O) groups is 3. The number of carboxylic acids is 1. The van der Waals surface area contributed by atoms with Gasteiger partial charge < -0.3 is 46.5 Å². The van der Waals surface area contributed by atoms with Crippen LogP contribution in [0.15, 0.2) is 47.8 Å². The van der Waals surface area contributed by atoms with E-state index >= 15 is 0 Å².